The highest BCUT2D eigenvalue weighted by molar-refractivity contribution is 5.12. The number of hydrogen-bond acceptors (Lipinski definition) is 2. The van der Waals surface area contributed by atoms with E-state index < -0.39 is 0 Å². The number of nitrogens with zero attached hydrogens (tertiary/aromatic N) is 2. The Morgan fingerprint density at radius 2 is 2.00 bits per heavy atom. The summed E-state index contributed by atoms with van der Waals surface area (Å²) >= 11 is 0. The maximum absolute atomic E-state index is 4.52. The molecule has 0 aromatic carbocycles. The van der Waals surface area contributed by atoms with Crippen molar-refractivity contribution in [3.63, 3.8) is 0 Å². The number of rotatable bonds is 7. The Bertz CT molecular complexity index is 441. The third kappa shape index (κ3) is 3.88. The molecule has 1 unspecified atom stereocenters. The van der Waals surface area contributed by atoms with Crippen LogP contribution in [0.2, 0.25) is 0 Å². The molecule has 1 heterocycles. The largest absolute Gasteiger partial charge is 0.313 e. The summed E-state index contributed by atoms with van der Waals surface area (Å²) in [6, 6.07) is 2.84. The van der Waals surface area contributed by atoms with Crippen molar-refractivity contribution in [1.82, 2.24) is 15.1 Å². The third-order valence-corrected chi connectivity index (χ3v) is 5.12. The molecule has 0 aliphatic heterocycles. The van der Waals surface area contributed by atoms with Crippen LogP contribution in [-0.2, 0) is 13.5 Å². The molecule has 0 radical (unpaired) electrons. The van der Waals surface area contributed by atoms with Crippen LogP contribution in [0.5, 0.6) is 0 Å². The van der Waals surface area contributed by atoms with Crippen molar-refractivity contribution in [3.05, 3.63) is 17.5 Å². The summed E-state index contributed by atoms with van der Waals surface area (Å²) in [7, 11) is 2.08. The van der Waals surface area contributed by atoms with Gasteiger partial charge in [0.25, 0.3) is 0 Å². The lowest BCUT2D eigenvalue weighted by atomic mass is 9.71. The average Bonchev–Trinajstić information content (AvgIpc) is 2.96. The number of nitrogens with one attached hydrogen (secondary N) is 1. The van der Waals surface area contributed by atoms with E-state index >= 15 is 0 Å². The Morgan fingerprint density at radius 1 is 1.33 bits per heavy atom. The van der Waals surface area contributed by atoms with E-state index in [0.717, 1.165) is 24.6 Å². The highest BCUT2D eigenvalue weighted by Crippen LogP contribution is 2.46. The van der Waals surface area contributed by atoms with Crippen molar-refractivity contribution in [2.45, 2.75) is 72.3 Å². The van der Waals surface area contributed by atoms with Crippen molar-refractivity contribution in [2.24, 2.45) is 18.4 Å². The topological polar surface area (TPSA) is 29.9 Å². The predicted octanol–water partition coefficient (Wildman–Crippen LogP) is 3.86. The fraction of sp³-hybridized carbons (Fsp3) is 0.833. The molecule has 1 N–H and O–H groups in total. The monoisotopic (exact) mass is 291 g/mol. The van der Waals surface area contributed by atoms with Gasteiger partial charge in [-0.25, -0.2) is 0 Å². The molecule has 120 valence electrons. The van der Waals surface area contributed by atoms with Crippen molar-refractivity contribution in [3.8, 4) is 0 Å². The van der Waals surface area contributed by atoms with Gasteiger partial charge in [0, 0.05) is 25.2 Å². The number of hydrogen-bond donors (Lipinski definition) is 1. The van der Waals surface area contributed by atoms with Gasteiger partial charge in [-0.15, -0.1) is 0 Å². The zero-order valence-corrected chi connectivity index (χ0v) is 14.6. The molecule has 1 fully saturated rings. The Balaban J connectivity index is 2.21. The third-order valence-electron chi connectivity index (χ3n) is 5.12. The summed E-state index contributed by atoms with van der Waals surface area (Å²) in [6.07, 6.45) is 8.04. The number of likely N-dealkylation sites (N-methyl/N-ethyl adjacent to an activating group) is 1. The molecule has 0 saturated heterocycles. The van der Waals surface area contributed by atoms with Gasteiger partial charge in [-0.2, -0.15) is 5.10 Å². The van der Waals surface area contributed by atoms with E-state index in [0.29, 0.717) is 11.5 Å². The van der Waals surface area contributed by atoms with Crippen LogP contribution in [0.15, 0.2) is 6.07 Å². The first-order valence-corrected chi connectivity index (χ1v) is 8.70. The van der Waals surface area contributed by atoms with Gasteiger partial charge in [-0.1, -0.05) is 33.6 Å². The first-order chi connectivity index (χ1) is 9.97. The van der Waals surface area contributed by atoms with Crippen LogP contribution in [0.3, 0.4) is 0 Å². The number of aryl methyl sites for hydroxylation is 2. The van der Waals surface area contributed by atoms with Gasteiger partial charge in [-0.3, -0.25) is 4.68 Å². The molecule has 21 heavy (non-hydrogen) atoms. The molecule has 1 aliphatic carbocycles. The highest BCUT2D eigenvalue weighted by Gasteiger charge is 2.41. The molecule has 1 aromatic rings. The molecule has 1 aromatic heterocycles. The van der Waals surface area contributed by atoms with E-state index in [1.807, 2.05) is 0 Å². The van der Waals surface area contributed by atoms with Gasteiger partial charge in [-0.05, 0) is 50.1 Å². The quantitative estimate of drug-likeness (QED) is 0.827. The lowest BCUT2D eigenvalue weighted by Gasteiger charge is -2.40. The molecular weight excluding hydrogens is 258 g/mol. The van der Waals surface area contributed by atoms with E-state index in [9.17, 15) is 0 Å². The first kappa shape index (κ1) is 16.5. The molecular formula is C18H33N3. The lowest BCUT2D eigenvalue weighted by molar-refractivity contribution is 0.154. The van der Waals surface area contributed by atoms with Gasteiger partial charge >= 0.3 is 0 Å². The summed E-state index contributed by atoms with van der Waals surface area (Å²) in [6.45, 7) is 10.1. The molecule has 3 heteroatoms. The molecule has 0 spiro atoms. The smallest absolute Gasteiger partial charge is 0.0596 e. The first-order valence-electron chi connectivity index (χ1n) is 8.70. The minimum Gasteiger partial charge on any atom is -0.313 e. The normalized spacial score (nSPS) is 19.3. The maximum atomic E-state index is 4.52. The molecule has 1 atom stereocenters. The fourth-order valence-electron chi connectivity index (χ4n) is 4.40. The average molecular weight is 291 g/mol. The lowest BCUT2D eigenvalue weighted by Crippen LogP contribution is -2.46. The van der Waals surface area contributed by atoms with Gasteiger partial charge in [0.1, 0.15) is 0 Å². The van der Waals surface area contributed by atoms with Crippen LogP contribution >= 0.6 is 0 Å². The van der Waals surface area contributed by atoms with Crippen LogP contribution in [0, 0.1) is 18.3 Å². The summed E-state index contributed by atoms with van der Waals surface area (Å²) in [4.78, 5) is 0. The standard InChI is InChI=1S/C18H33N3/c1-6-19-17(12-16-11-15(4)20-21(16)5)18(13-14(2)3)9-7-8-10-18/h11,14,17,19H,6-10,12-13H2,1-5H3. The molecule has 1 saturated carbocycles. The Labute approximate surface area is 130 Å². The molecule has 0 bridgehead atoms. The minimum atomic E-state index is 0.488. The molecule has 3 nitrogen and oxygen atoms in total. The minimum absolute atomic E-state index is 0.488. The highest BCUT2D eigenvalue weighted by atomic mass is 15.3. The van der Waals surface area contributed by atoms with Crippen LogP contribution in [0.1, 0.15) is 64.3 Å². The SMILES string of the molecule is CCNC(Cc1cc(C)nn1C)C1(CC(C)C)CCCC1. The van der Waals surface area contributed by atoms with E-state index in [1.54, 1.807) is 0 Å². The fourth-order valence-corrected chi connectivity index (χ4v) is 4.40. The van der Waals surface area contributed by atoms with Crippen LogP contribution in [-0.4, -0.2) is 22.4 Å². The van der Waals surface area contributed by atoms with Gasteiger partial charge in [0.15, 0.2) is 0 Å². The predicted molar refractivity (Wildman–Crippen MR) is 89.5 cm³/mol. The summed E-state index contributed by atoms with van der Waals surface area (Å²) < 4.78 is 2.07. The zero-order valence-electron chi connectivity index (χ0n) is 14.6. The Morgan fingerprint density at radius 3 is 2.48 bits per heavy atom. The van der Waals surface area contributed by atoms with Gasteiger partial charge < -0.3 is 5.32 Å². The van der Waals surface area contributed by atoms with Crippen LogP contribution in [0.25, 0.3) is 0 Å². The van der Waals surface area contributed by atoms with Crippen molar-refractivity contribution in [1.29, 1.82) is 0 Å². The Kier molecular flexibility index (Phi) is 5.48. The van der Waals surface area contributed by atoms with Crippen LogP contribution < -0.4 is 5.32 Å². The van der Waals surface area contributed by atoms with E-state index in [1.165, 1.54) is 37.8 Å². The second-order valence-corrected chi connectivity index (χ2v) is 7.38. The zero-order chi connectivity index (χ0) is 15.5. The molecule has 1 aliphatic rings. The van der Waals surface area contributed by atoms with Crippen molar-refractivity contribution in [2.75, 3.05) is 6.54 Å². The summed E-state index contributed by atoms with van der Waals surface area (Å²) in [5, 5.41) is 8.34. The summed E-state index contributed by atoms with van der Waals surface area (Å²) in [5.41, 5.74) is 2.99. The molecule has 0 amide bonds. The van der Waals surface area contributed by atoms with E-state index in [-0.39, 0.29) is 0 Å². The second kappa shape index (κ2) is 6.95. The second-order valence-electron chi connectivity index (χ2n) is 7.38. The summed E-state index contributed by atoms with van der Waals surface area (Å²) in [5.74, 6) is 0.775. The molecule has 2 rings (SSSR count). The van der Waals surface area contributed by atoms with E-state index in [4.69, 9.17) is 0 Å². The maximum Gasteiger partial charge on any atom is 0.0596 e. The van der Waals surface area contributed by atoms with Gasteiger partial charge in [0.2, 0.25) is 0 Å². The van der Waals surface area contributed by atoms with E-state index in [2.05, 4.69) is 55.9 Å². The van der Waals surface area contributed by atoms with Crippen molar-refractivity contribution >= 4 is 0 Å². The van der Waals surface area contributed by atoms with Crippen LogP contribution in [0.4, 0.5) is 0 Å². The number of aromatic nitrogens is 2. The Hall–Kier alpha value is -0.830. The van der Waals surface area contributed by atoms with Crippen molar-refractivity contribution < 1.29 is 0 Å². The van der Waals surface area contributed by atoms with Gasteiger partial charge in [0.05, 0.1) is 5.69 Å².